The van der Waals surface area contributed by atoms with Crippen molar-refractivity contribution in [2.24, 2.45) is 0 Å². The second-order valence-electron chi connectivity index (χ2n) is 9.43. The number of carbonyl (C=O) groups excluding carboxylic acids is 1. The van der Waals surface area contributed by atoms with Crippen LogP contribution in [0.5, 0.6) is 5.75 Å². The molecule has 1 fully saturated rings. The van der Waals surface area contributed by atoms with E-state index in [0.717, 1.165) is 41.3 Å². The number of hydrogen-bond acceptors (Lipinski definition) is 5. The van der Waals surface area contributed by atoms with Crippen LogP contribution in [0.15, 0.2) is 36.5 Å². The van der Waals surface area contributed by atoms with E-state index in [-0.39, 0.29) is 17.7 Å². The fraction of sp³-hybridized carbons (Fsp3) is 0.480. The van der Waals surface area contributed by atoms with Gasteiger partial charge in [0.1, 0.15) is 5.75 Å². The minimum Gasteiger partial charge on any atom is -0.492 e. The van der Waals surface area contributed by atoms with Crippen molar-refractivity contribution in [2.75, 3.05) is 11.9 Å². The molecule has 4 rings (SSSR count). The lowest BCUT2D eigenvalue weighted by atomic mass is 9.84. The largest absolute Gasteiger partial charge is 0.492 e. The number of benzene rings is 1. The van der Waals surface area contributed by atoms with Crippen LogP contribution in [-0.2, 0) is 0 Å². The first kappa shape index (κ1) is 23.0. The third-order valence-electron chi connectivity index (χ3n) is 6.40. The van der Waals surface area contributed by atoms with Gasteiger partial charge in [0.2, 0.25) is 5.69 Å². The van der Waals surface area contributed by atoms with E-state index in [1.807, 2.05) is 50.7 Å². The van der Waals surface area contributed by atoms with Gasteiger partial charge in [-0.15, -0.1) is 0 Å². The fourth-order valence-electron chi connectivity index (χ4n) is 4.43. The zero-order chi connectivity index (χ0) is 23.8. The summed E-state index contributed by atoms with van der Waals surface area (Å²) >= 11 is 0. The number of amides is 1. The third kappa shape index (κ3) is 4.80. The number of rotatable bonds is 6. The molecule has 0 bridgehead atoms. The average molecular weight is 454 g/mol. The van der Waals surface area contributed by atoms with Gasteiger partial charge in [0.15, 0.2) is 0 Å². The summed E-state index contributed by atoms with van der Waals surface area (Å²) in [5, 5.41) is 29.3. The zero-order valence-corrected chi connectivity index (χ0v) is 19.7. The topological polar surface area (TPSA) is 100 Å². The molecule has 176 valence electrons. The summed E-state index contributed by atoms with van der Waals surface area (Å²) in [6.07, 6.45) is 5.21. The quantitative estimate of drug-likeness (QED) is 0.384. The van der Waals surface area contributed by atoms with Crippen molar-refractivity contribution in [3.63, 3.8) is 0 Å². The van der Waals surface area contributed by atoms with E-state index in [9.17, 15) is 15.1 Å². The molecule has 0 spiro atoms. The first-order valence-electron chi connectivity index (χ1n) is 11.6. The number of hydrogen-bond donors (Lipinski definition) is 3. The summed E-state index contributed by atoms with van der Waals surface area (Å²) in [6.45, 7) is 8.12. The first-order valence-corrected chi connectivity index (χ1v) is 11.6. The number of anilines is 1. The van der Waals surface area contributed by atoms with Crippen molar-refractivity contribution >= 4 is 22.5 Å². The summed E-state index contributed by atoms with van der Waals surface area (Å²) in [6, 6.07) is 9.05. The van der Waals surface area contributed by atoms with Crippen LogP contribution in [0.4, 0.5) is 5.69 Å². The van der Waals surface area contributed by atoms with Gasteiger partial charge in [-0.3, -0.25) is 14.7 Å². The van der Waals surface area contributed by atoms with Crippen molar-refractivity contribution in [3.05, 3.63) is 47.9 Å². The number of pyridine rings is 1. The number of nitrogens with zero attached hydrogens (tertiary/aromatic N) is 3. The molecule has 1 saturated carbocycles. The molecule has 0 radical (unpaired) electrons. The van der Waals surface area contributed by atoms with Gasteiger partial charge in [0.25, 0.3) is 0 Å². The molecule has 0 unspecified atom stereocenters. The maximum atomic E-state index is 13.0. The van der Waals surface area contributed by atoms with Crippen LogP contribution in [0, 0.1) is 0 Å². The Hall–Kier alpha value is -3.13. The second kappa shape index (κ2) is 9.02. The zero-order valence-electron chi connectivity index (χ0n) is 19.7. The highest BCUT2D eigenvalue weighted by Gasteiger charge is 2.30. The number of carbonyl (C=O) groups is 1. The number of aromatic nitrogens is 3. The van der Waals surface area contributed by atoms with Crippen LogP contribution >= 0.6 is 0 Å². The molecule has 2 heterocycles. The molecule has 1 aliphatic rings. The monoisotopic (exact) mass is 453 g/mol. The lowest BCUT2D eigenvalue weighted by Gasteiger charge is -2.33. The number of nitrogens with one attached hydrogen (secondary N) is 1. The van der Waals surface area contributed by atoms with Crippen molar-refractivity contribution < 1.29 is 24.6 Å². The SMILES string of the molecule is CCOc1cc2nn([C@H]3CC[C@](C)(O)CC3)cc2cc1NC(=O)c1cccc(C(C)C)[n+]1O. The van der Waals surface area contributed by atoms with E-state index in [2.05, 4.69) is 5.32 Å². The Labute approximate surface area is 193 Å². The van der Waals surface area contributed by atoms with Crippen LogP contribution in [-0.4, -0.2) is 38.2 Å². The number of aliphatic hydroxyl groups is 1. The minimum atomic E-state index is -0.598. The smallest absolute Gasteiger partial charge is 0.325 e. The van der Waals surface area contributed by atoms with E-state index in [4.69, 9.17) is 9.84 Å². The van der Waals surface area contributed by atoms with Crippen LogP contribution in [0.25, 0.3) is 10.9 Å². The van der Waals surface area contributed by atoms with Gasteiger partial charge in [-0.2, -0.15) is 5.10 Å². The third-order valence-corrected chi connectivity index (χ3v) is 6.40. The minimum absolute atomic E-state index is 0.0624. The summed E-state index contributed by atoms with van der Waals surface area (Å²) in [7, 11) is 0. The van der Waals surface area contributed by atoms with Gasteiger partial charge in [-0.1, -0.05) is 13.8 Å². The van der Waals surface area contributed by atoms with Crippen LogP contribution in [0.1, 0.15) is 81.5 Å². The predicted molar refractivity (Wildman–Crippen MR) is 125 cm³/mol. The summed E-state index contributed by atoms with van der Waals surface area (Å²) in [5.74, 6) is 0.161. The van der Waals surface area contributed by atoms with Crippen molar-refractivity contribution in [2.45, 2.75) is 70.9 Å². The summed E-state index contributed by atoms with van der Waals surface area (Å²) in [4.78, 5) is 13.0. The molecule has 33 heavy (non-hydrogen) atoms. The Morgan fingerprint density at radius 2 is 2.06 bits per heavy atom. The molecule has 8 nitrogen and oxygen atoms in total. The second-order valence-corrected chi connectivity index (χ2v) is 9.43. The lowest BCUT2D eigenvalue weighted by Crippen LogP contribution is -2.43. The van der Waals surface area contributed by atoms with Gasteiger partial charge in [-0.25, -0.2) is 0 Å². The van der Waals surface area contributed by atoms with Crippen LogP contribution in [0.3, 0.4) is 0 Å². The lowest BCUT2D eigenvalue weighted by molar-refractivity contribution is -0.911. The molecule has 1 amide bonds. The first-order chi connectivity index (χ1) is 15.7. The van der Waals surface area contributed by atoms with Crippen molar-refractivity contribution in [1.29, 1.82) is 0 Å². The maximum Gasteiger partial charge on any atom is 0.325 e. The molecule has 8 heteroatoms. The summed E-state index contributed by atoms with van der Waals surface area (Å²) < 4.78 is 8.70. The fourth-order valence-corrected chi connectivity index (χ4v) is 4.43. The van der Waals surface area contributed by atoms with Crippen molar-refractivity contribution in [1.82, 2.24) is 9.78 Å². The van der Waals surface area contributed by atoms with Gasteiger partial charge >= 0.3 is 11.6 Å². The standard InChI is InChI=1S/C25H32N4O4/c1-5-33-23-14-19-17(15-28(27-19)18-9-11-25(4,31)12-10-18)13-20(23)26-24(30)22-8-6-7-21(16(2)3)29(22)32/h6-8,13-16,18,31H,5,9-12H2,1-4H3,(H-,26,30,32)/p+1/t18-,25-. The predicted octanol–water partition coefficient (Wildman–Crippen LogP) is 4.20. The molecule has 3 aromatic rings. The molecule has 1 aliphatic carbocycles. The highest BCUT2D eigenvalue weighted by Crippen LogP contribution is 2.36. The van der Waals surface area contributed by atoms with Gasteiger partial charge < -0.3 is 15.2 Å². The Balaban J connectivity index is 1.64. The number of fused-ring (bicyclic) bond motifs is 1. The molecule has 1 aromatic carbocycles. The molecule has 2 aromatic heterocycles. The molecular weight excluding hydrogens is 420 g/mol. The van der Waals surface area contributed by atoms with Crippen LogP contribution < -0.4 is 14.8 Å². The normalized spacial score (nSPS) is 20.8. The maximum absolute atomic E-state index is 13.0. The Morgan fingerprint density at radius 1 is 1.33 bits per heavy atom. The van der Waals surface area contributed by atoms with Gasteiger partial charge in [-0.05, 0) is 51.7 Å². The summed E-state index contributed by atoms with van der Waals surface area (Å²) in [5.41, 5.74) is 1.51. The molecule has 0 saturated heterocycles. The molecule has 3 N–H and O–H groups in total. The van der Waals surface area contributed by atoms with Crippen molar-refractivity contribution in [3.8, 4) is 5.75 Å². The number of ether oxygens (including phenoxy) is 1. The van der Waals surface area contributed by atoms with E-state index < -0.39 is 11.5 Å². The molecule has 0 atom stereocenters. The van der Waals surface area contributed by atoms with E-state index >= 15 is 0 Å². The highest BCUT2D eigenvalue weighted by atomic mass is 16.5. The van der Waals surface area contributed by atoms with E-state index in [1.165, 1.54) is 0 Å². The Kier molecular flexibility index (Phi) is 6.30. The Morgan fingerprint density at radius 3 is 2.73 bits per heavy atom. The Bertz CT molecular complexity index is 1160. The van der Waals surface area contributed by atoms with E-state index in [1.54, 1.807) is 18.2 Å². The molecular formula is C25H33N4O4+. The highest BCUT2D eigenvalue weighted by molar-refractivity contribution is 6.04. The van der Waals surface area contributed by atoms with Gasteiger partial charge in [0.05, 0.1) is 29.5 Å². The molecule has 0 aliphatic heterocycles. The van der Waals surface area contributed by atoms with Crippen LogP contribution in [0.2, 0.25) is 0 Å². The van der Waals surface area contributed by atoms with Gasteiger partial charge in [0, 0.05) is 40.4 Å². The van der Waals surface area contributed by atoms with E-state index in [0.29, 0.717) is 23.7 Å². The average Bonchev–Trinajstić information content (AvgIpc) is 3.16.